The Morgan fingerprint density at radius 1 is 1.39 bits per heavy atom. The molecule has 1 heterocycles. The van der Waals surface area contributed by atoms with Crippen molar-refractivity contribution < 1.29 is 0 Å². The minimum absolute atomic E-state index is 0.242. The van der Waals surface area contributed by atoms with Crippen LogP contribution in [0.25, 0.3) is 0 Å². The van der Waals surface area contributed by atoms with Crippen LogP contribution < -0.4 is 10.2 Å². The Labute approximate surface area is 115 Å². The molecule has 1 aromatic carbocycles. The third-order valence-corrected chi connectivity index (χ3v) is 4.19. The van der Waals surface area contributed by atoms with E-state index in [0.29, 0.717) is 0 Å². The fourth-order valence-corrected chi connectivity index (χ4v) is 3.02. The normalized spacial score (nSPS) is 18.3. The molecule has 1 fully saturated rings. The van der Waals surface area contributed by atoms with E-state index >= 15 is 0 Å². The summed E-state index contributed by atoms with van der Waals surface area (Å²) in [6, 6.07) is 6.24. The van der Waals surface area contributed by atoms with Crippen LogP contribution in [-0.2, 0) is 6.54 Å². The molecule has 1 aliphatic rings. The summed E-state index contributed by atoms with van der Waals surface area (Å²) in [4.78, 5) is 2.51. The number of halogens is 1. The molecule has 100 valence electrons. The Morgan fingerprint density at radius 3 is 2.78 bits per heavy atom. The molecule has 0 aliphatic carbocycles. The number of nitrogens with zero attached hydrogens (tertiary/aromatic N) is 1. The quantitative estimate of drug-likeness (QED) is 0.891. The topological polar surface area (TPSA) is 15.3 Å². The van der Waals surface area contributed by atoms with Crippen molar-refractivity contribution in [3.63, 3.8) is 0 Å². The van der Waals surface area contributed by atoms with Crippen molar-refractivity contribution >= 4 is 17.3 Å². The van der Waals surface area contributed by atoms with Crippen molar-refractivity contribution in [1.82, 2.24) is 5.32 Å². The Bertz CT molecular complexity index is 415. The Kier molecular flexibility index (Phi) is 4.18. The van der Waals surface area contributed by atoms with Gasteiger partial charge in [0, 0.05) is 34.9 Å². The third-order valence-electron chi connectivity index (χ3n) is 3.84. The molecule has 1 aromatic rings. The Balaban J connectivity index is 2.34. The lowest BCUT2D eigenvalue weighted by Gasteiger charge is -2.35. The zero-order chi connectivity index (χ0) is 13.2. The molecule has 1 saturated heterocycles. The number of hydrogen-bond acceptors (Lipinski definition) is 2. The maximum absolute atomic E-state index is 6.37. The lowest BCUT2D eigenvalue weighted by atomic mass is 10.0. The van der Waals surface area contributed by atoms with Crippen LogP contribution in [0.3, 0.4) is 0 Å². The largest absolute Gasteiger partial charge is 0.366 e. The zero-order valence-corrected chi connectivity index (χ0v) is 12.3. The van der Waals surface area contributed by atoms with Crippen molar-refractivity contribution in [2.45, 2.75) is 45.7 Å². The summed E-state index contributed by atoms with van der Waals surface area (Å²) in [5.41, 5.74) is 2.77. The number of nitrogens with one attached hydrogen (secondary N) is 1. The highest BCUT2D eigenvalue weighted by molar-refractivity contribution is 6.31. The fraction of sp³-hybridized carbons (Fsp3) is 0.600. The molecule has 18 heavy (non-hydrogen) atoms. The first-order chi connectivity index (χ1) is 8.56. The highest BCUT2D eigenvalue weighted by atomic mass is 35.5. The molecule has 2 nitrogen and oxygen atoms in total. The highest BCUT2D eigenvalue weighted by Gasteiger charge is 2.33. The van der Waals surface area contributed by atoms with Gasteiger partial charge >= 0.3 is 0 Å². The van der Waals surface area contributed by atoms with Crippen molar-refractivity contribution in [1.29, 1.82) is 0 Å². The molecule has 0 amide bonds. The molecule has 0 saturated carbocycles. The third kappa shape index (κ3) is 2.65. The van der Waals surface area contributed by atoms with Gasteiger partial charge in [-0.15, -0.1) is 0 Å². The average molecular weight is 267 g/mol. The number of benzene rings is 1. The van der Waals surface area contributed by atoms with Crippen molar-refractivity contribution in [2.24, 2.45) is 0 Å². The van der Waals surface area contributed by atoms with Gasteiger partial charge in [0.25, 0.3) is 0 Å². The maximum atomic E-state index is 6.37. The predicted molar refractivity (Wildman–Crippen MR) is 79.5 cm³/mol. The van der Waals surface area contributed by atoms with Crippen molar-refractivity contribution in [3.05, 3.63) is 28.8 Å². The summed E-state index contributed by atoms with van der Waals surface area (Å²) in [5.74, 6) is 0. The standard InChI is InChI=1S/C15H23ClN2/c1-4-17-11-12-13(16)7-5-8-14(12)18-10-6-9-15(18,2)3/h5,7-8,17H,4,6,9-11H2,1-3H3. The molecule has 0 spiro atoms. The van der Waals surface area contributed by atoms with Crippen molar-refractivity contribution in [3.8, 4) is 0 Å². The van der Waals surface area contributed by atoms with Crippen LogP contribution in [0.2, 0.25) is 5.02 Å². The SMILES string of the molecule is CCNCc1c(Cl)cccc1N1CCCC1(C)C. The van der Waals surface area contributed by atoms with Crippen LogP contribution in [0, 0.1) is 0 Å². The second-order valence-electron chi connectivity index (χ2n) is 5.59. The van der Waals surface area contributed by atoms with E-state index < -0.39 is 0 Å². The van der Waals surface area contributed by atoms with Gasteiger partial charge < -0.3 is 10.2 Å². The number of anilines is 1. The van der Waals surface area contributed by atoms with Gasteiger partial charge in [-0.2, -0.15) is 0 Å². The van der Waals surface area contributed by atoms with Crippen LogP contribution in [0.1, 0.15) is 39.2 Å². The summed E-state index contributed by atoms with van der Waals surface area (Å²) in [6.07, 6.45) is 2.51. The van der Waals surface area contributed by atoms with Crippen LogP contribution in [0.5, 0.6) is 0 Å². The first-order valence-electron chi connectivity index (χ1n) is 6.82. The number of hydrogen-bond donors (Lipinski definition) is 1. The van der Waals surface area contributed by atoms with Crippen LogP contribution in [-0.4, -0.2) is 18.6 Å². The minimum atomic E-state index is 0.242. The fourth-order valence-electron chi connectivity index (χ4n) is 2.78. The molecule has 0 atom stereocenters. The van der Waals surface area contributed by atoms with E-state index in [1.54, 1.807) is 0 Å². The van der Waals surface area contributed by atoms with E-state index in [1.165, 1.54) is 24.1 Å². The van der Waals surface area contributed by atoms with Crippen LogP contribution >= 0.6 is 11.6 Å². The molecule has 0 unspecified atom stereocenters. The number of rotatable bonds is 4. The van der Waals surface area contributed by atoms with Crippen molar-refractivity contribution in [2.75, 3.05) is 18.0 Å². The summed E-state index contributed by atoms with van der Waals surface area (Å²) >= 11 is 6.37. The summed E-state index contributed by atoms with van der Waals surface area (Å²) in [7, 11) is 0. The molecule has 1 aliphatic heterocycles. The van der Waals surface area contributed by atoms with Gasteiger partial charge in [0.2, 0.25) is 0 Å². The molecular weight excluding hydrogens is 244 g/mol. The molecule has 0 radical (unpaired) electrons. The first kappa shape index (κ1) is 13.7. The maximum Gasteiger partial charge on any atom is 0.0471 e. The Hall–Kier alpha value is -0.730. The molecule has 0 aromatic heterocycles. The van der Waals surface area contributed by atoms with Crippen LogP contribution in [0.15, 0.2) is 18.2 Å². The van der Waals surface area contributed by atoms with E-state index in [0.717, 1.165) is 24.7 Å². The van der Waals surface area contributed by atoms with Gasteiger partial charge in [0.05, 0.1) is 0 Å². The summed E-state index contributed by atoms with van der Waals surface area (Å²) in [6.45, 7) is 9.70. The second kappa shape index (κ2) is 5.50. The van der Waals surface area contributed by atoms with Gasteiger partial charge in [0.1, 0.15) is 0 Å². The lowest BCUT2D eigenvalue weighted by Crippen LogP contribution is -2.39. The van der Waals surface area contributed by atoms with E-state index in [-0.39, 0.29) is 5.54 Å². The Morgan fingerprint density at radius 2 is 2.17 bits per heavy atom. The zero-order valence-electron chi connectivity index (χ0n) is 11.6. The molecule has 1 N–H and O–H groups in total. The van der Waals surface area contributed by atoms with E-state index in [9.17, 15) is 0 Å². The van der Waals surface area contributed by atoms with E-state index in [1.807, 2.05) is 6.07 Å². The van der Waals surface area contributed by atoms with Gasteiger partial charge in [-0.25, -0.2) is 0 Å². The summed E-state index contributed by atoms with van der Waals surface area (Å²) in [5, 5.41) is 4.26. The van der Waals surface area contributed by atoms with Gasteiger partial charge in [0.15, 0.2) is 0 Å². The van der Waals surface area contributed by atoms with Gasteiger partial charge in [-0.1, -0.05) is 24.6 Å². The predicted octanol–water partition coefficient (Wildman–Crippen LogP) is 3.83. The minimum Gasteiger partial charge on any atom is -0.366 e. The van der Waals surface area contributed by atoms with Crippen LogP contribution in [0.4, 0.5) is 5.69 Å². The smallest absolute Gasteiger partial charge is 0.0471 e. The first-order valence-corrected chi connectivity index (χ1v) is 7.20. The van der Waals surface area contributed by atoms with E-state index in [2.05, 4.69) is 43.1 Å². The highest BCUT2D eigenvalue weighted by Crippen LogP contribution is 2.37. The molecule has 0 bridgehead atoms. The molecule has 2 rings (SSSR count). The summed E-state index contributed by atoms with van der Waals surface area (Å²) < 4.78 is 0. The van der Waals surface area contributed by atoms with E-state index in [4.69, 9.17) is 11.6 Å². The molecular formula is C15H23ClN2. The second-order valence-corrected chi connectivity index (χ2v) is 5.99. The lowest BCUT2D eigenvalue weighted by molar-refractivity contribution is 0.516. The molecule has 3 heteroatoms. The average Bonchev–Trinajstić information content (AvgIpc) is 2.67. The van der Waals surface area contributed by atoms with Gasteiger partial charge in [-0.3, -0.25) is 0 Å². The monoisotopic (exact) mass is 266 g/mol. The van der Waals surface area contributed by atoms with Gasteiger partial charge in [-0.05, 0) is 45.4 Å².